The lowest BCUT2D eigenvalue weighted by molar-refractivity contribution is -0.126. The summed E-state index contributed by atoms with van der Waals surface area (Å²) in [4.78, 5) is 16.6. The number of amides is 1. The maximum absolute atomic E-state index is 12.4. The molecule has 18 heavy (non-hydrogen) atoms. The van der Waals surface area contributed by atoms with E-state index in [4.69, 9.17) is 0 Å². The van der Waals surface area contributed by atoms with E-state index < -0.39 is 0 Å². The van der Waals surface area contributed by atoms with E-state index in [1.807, 2.05) is 13.0 Å². The van der Waals surface area contributed by atoms with Gasteiger partial charge in [0.25, 0.3) is 0 Å². The summed E-state index contributed by atoms with van der Waals surface area (Å²) in [5, 5.41) is 2.98. The average molecular weight is 311 g/mol. The molecule has 1 fully saturated rings. The van der Waals surface area contributed by atoms with E-state index in [0.29, 0.717) is 5.82 Å². The molecule has 1 aromatic rings. The monoisotopic (exact) mass is 310 g/mol. The van der Waals surface area contributed by atoms with Gasteiger partial charge in [-0.3, -0.25) is 4.79 Å². The minimum Gasteiger partial charge on any atom is -0.310 e. The summed E-state index contributed by atoms with van der Waals surface area (Å²) >= 11 is 3.37. The van der Waals surface area contributed by atoms with Crippen LogP contribution in [0.15, 0.2) is 16.7 Å². The number of carbonyl (C=O) groups is 1. The molecule has 1 heterocycles. The number of aromatic nitrogens is 1. The number of carbonyl (C=O) groups excluding carboxylic acids is 1. The average Bonchev–Trinajstić information content (AvgIpc) is 2.33. The highest BCUT2D eigenvalue weighted by molar-refractivity contribution is 9.10. The molecule has 1 saturated carbocycles. The molecule has 1 N–H and O–H groups in total. The second kappa shape index (κ2) is 5.39. The number of hydrogen-bond donors (Lipinski definition) is 1. The van der Waals surface area contributed by atoms with E-state index in [0.717, 1.165) is 35.7 Å². The summed E-state index contributed by atoms with van der Waals surface area (Å²) in [5.41, 5.74) is 0.761. The third-order valence-electron chi connectivity index (χ3n) is 3.78. The fourth-order valence-corrected chi connectivity index (χ4v) is 2.93. The van der Waals surface area contributed by atoms with Gasteiger partial charge >= 0.3 is 0 Å². The third-order valence-corrected chi connectivity index (χ3v) is 4.22. The Morgan fingerprint density at radius 3 is 2.67 bits per heavy atom. The molecule has 1 aliphatic carbocycles. The first-order valence-electron chi connectivity index (χ1n) is 6.45. The van der Waals surface area contributed by atoms with Crippen molar-refractivity contribution in [2.75, 3.05) is 5.32 Å². The summed E-state index contributed by atoms with van der Waals surface area (Å²) in [6, 6.07) is 1.96. The molecule has 0 spiro atoms. The highest BCUT2D eigenvalue weighted by Crippen LogP contribution is 2.36. The fourth-order valence-electron chi connectivity index (χ4n) is 2.49. The number of nitrogens with one attached hydrogen (secondary N) is 1. The summed E-state index contributed by atoms with van der Waals surface area (Å²) in [7, 11) is 0. The molecule has 1 amide bonds. The molecule has 3 nitrogen and oxygen atoms in total. The van der Waals surface area contributed by atoms with E-state index >= 15 is 0 Å². The number of aryl methyl sites for hydroxylation is 1. The van der Waals surface area contributed by atoms with E-state index in [1.54, 1.807) is 6.20 Å². The second-order valence-corrected chi connectivity index (χ2v) is 6.31. The van der Waals surface area contributed by atoms with Gasteiger partial charge in [0.05, 0.1) is 0 Å². The molecule has 0 radical (unpaired) electrons. The lowest BCUT2D eigenvalue weighted by atomic mass is 9.75. The van der Waals surface area contributed by atoms with Gasteiger partial charge in [-0.15, -0.1) is 0 Å². The van der Waals surface area contributed by atoms with Crippen molar-refractivity contribution in [1.29, 1.82) is 0 Å². The van der Waals surface area contributed by atoms with Gasteiger partial charge in [-0.2, -0.15) is 0 Å². The van der Waals surface area contributed by atoms with Gasteiger partial charge in [0.2, 0.25) is 5.91 Å². The molecule has 0 atom stereocenters. The molecule has 0 bridgehead atoms. The minimum atomic E-state index is -0.223. The number of halogens is 1. The molecule has 2 rings (SSSR count). The largest absolute Gasteiger partial charge is 0.310 e. The van der Waals surface area contributed by atoms with Gasteiger partial charge in [-0.1, -0.05) is 26.2 Å². The van der Waals surface area contributed by atoms with Crippen molar-refractivity contribution >= 4 is 27.7 Å². The molecule has 1 aliphatic rings. The molecule has 0 unspecified atom stereocenters. The summed E-state index contributed by atoms with van der Waals surface area (Å²) in [6.45, 7) is 4.02. The van der Waals surface area contributed by atoms with E-state index in [-0.39, 0.29) is 11.3 Å². The van der Waals surface area contributed by atoms with Crippen LogP contribution in [0.2, 0.25) is 0 Å². The predicted octanol–water partition coefficient (Wildman–Crippen LogP) is 4.06. The first kappa shape index (κ1) is 13.5. The highest BCUT2D eigenvalue weighted by atomic mass is 79.9. The van der Waals surface area contributed by atoms with Gasteiger partial charge in [0.15, 0.2) is 0 Å². The summed E-state index contributed by atoms with van der Waals surface area (Å²) in [5.74, 6) is 0.787. The van der Waals surface area contributed by atoms with Crippen LogP contribution in [0.5, 0.6) is 0 Å². The van der Waals surface area contributed by atoms with Crippen molar-refractivity contribution in [1.82, 2.24) is 4.98 Å². The Balaban J connectivity index is 2.11. The van der Waals surface area contributed by atoms with Crippen LogP contribution in [0.4, 0.5) is 5.82 Å². The van der Waals surface area contributed by atoms with Crippen LogP contribution in [0.25, 0.3) is 0 Å². The lowest BCUT2D eigenvalue weighted by Gasteiger charge is -2.32. The van der Waals surface area contributed by atoms with Crippen LogP contribution < -0.4 is 5.32 Å². The normalized spacial score (nSPS) is 18.4. The van der Waals surface area contributed by atoms with Gasteiger partial charge in [0.1, 0.15) is 5.82 Å². The number of rotatable bonds is 2. The number of pyridine rings is 1. The Morgan fingerprint density at radius 2 is 2.06 bits per heavy atom. The maximum Gasteiger partial charge on any atom is 0.231 e. The highest BCUT2D eigenvalue weighted by Gasteiger charge is 2.34. The maximum atomic E-state index is 12.4. The molecular formula is C14H19BrN2O. The minimum absolute atomic E-state index is 0.111. The zero-order valence-electron chi connectivity index (χ0n) is 10.9. The van der Waals surface area contributed by atoms with Crippen LogP contribution in [0.3, 0.4) is 0 Å². The number of anilines is 1. The van der Waals surface area contributed by atoms with Crippen molar-refractivity contribution in [2.24, 2.45) is 5.41 Å². The van der Waals surface area contributed by atoms with Crippen LogP contribution in [0.1, 0.15) is 44.6 Å². The Kier molecular flexibility index (Phi) is 4.05. The standard InChI is InChI=1S/C14H19BrN2O/c1-10-8-11(15)9-16-12(10)17-13(18)14(2)6-4-3-5-7-14/h8-9H,3-7H2,1-2H3,(H,16,17,18). The Bertz CT molecular complexity index is 453. The smallest absolute Gasteiger partial charge is 0.231 e. The molecule has 1 aromatic heterocycles. The lowest BCUT2D eigenvalue weighted by Crippen LogP contribution is -2.35. The summed E-state index contributed by atoms with van der Waals surface area (Å²) < 4.78 is 0.932. The fraction of sp³-hybridized carbons (Fsp3) is 0.571. The topological polar surface area (TPSA) is 42.0 Å². The van der Waals surface area contributed by atoms with Crippen molar-refractivity contribution in [3.63, 3.8) is 0 Å². The first-order valence-corrected chi connectivity index (χ1v) is 7.24. The summed E-state index contributed by atoms with van der Waals surface area (Å²) in [6.07, 6.45) is 7.22. The van der Waals surface area contributed by atoms with Crippen LogP contribution in [-0.4, -0.2) is 10.9 Å². The van der Waals surface area contributed by atoms with Gasteiger partial charge < -0.3 is 5.32 Å². The predicted molar refractivity (Wildman–Crippen MR) is 76.5 cm³/mol. The van der Waals surface area contributed by atoms with Crippen molar-refractivity contribution < 1.29 is 4.79 Å². The Morgan fingerprint density at radius 1 is 1.39 bits per heavy atom. The van der Waals surface area contributed by atoms with Gasteiger partial charge in [0, 0.05) is 16.1 Å². The van der Waals surface area contributed by atoms with E-state index in [2.05, 4.69) is 33.2 Å². The van der Waals surface area contributed by atoms with E-state index in [9.17, 15) is 4.79 Å². The zero-order valence-corrected chi connectivity index (χ0v) is 12.5. The third kappa shape index (κ3) is 2.91. The molecule has 0 aliphatic heterocycles. The van der Waals surface area contributed by atoms with Crippen molar-refractivity contribution in [2.45, 2.75) is 46.0 Å². The SMILES string of the molecule is Cc1cc(Br)cnc1NC(=O)C1(C)CCCCC1. The molecule has 0 aromatic carbocycles. The molecular weight excluding hydrogens is 292 g/mol. The Labute approximate surface area is 117 Å². The zero-order chi connectivity index (χ0) is 13.2. The van der Waals surface area contributed by atoms with Gasteiger partial charge in [-0.05, 0) is 47.3 Å². The number of hydrogen-bond acceptors (Lipinski definition) is 2. The molecule has 98 valence electrons. The quantitative estimate of drug-likeness (QED) is 0.895. The van der Waals surface area contributed by atoms with Gasteiger partial charge in [-0.25, -0.2) is 4.98 Å². The van der Waals surface area contributed by atoms with E-state index in [1.165, 1.54) is 6.42 Å². The van der Waals surface area contributed by atoms with Crippen molar-refractivity contribution in [3.05, 3.63) is 22.3 Å². The first-order chi connectivity index (χ1) is 8.51. The van der Waals surface area contributed by atoms with Crippen LogP contribution in [0, 0.1) is 12.3 Å². The Hall–Kier alpha value is -0.900. The second-order valence-electron chi connectivity index (χ2n) is 5.39. The van der Waals surface area contributed by atoms with Crippen LogP contribution >= 0.6 is 15.9 Å². The number of nitrogens with zero attached hydrogens (tertiary/aromatic N) is 1. The van der Waals surface area contributed by atoms with Crippen molar-refractivity contribution in [3.8, 4) is 0 Å². The molecule has 0 saturated heterocycles. The van der Waals surface area contributed by atoms with Crippen LogP contribution in [-0.2, 0) is 4.79 Å². The molecule has 4 heteroatoms.